The average Bonchev–Trinajstić information content (AvgIpc) is 2.50. The number of anilines is 1. The lowest BCUT2D eigenvalue weighted by molar-refractivity contribution is 0.0571. The Morgan fingerprint density at radius 2 is 2.11 bits per heavy atom. The number of hydrogen-bond acceptors (Lipinski definition) is 3. The third-order valence-corrected chi connectivity index (χ3v) is 2.87. The van der Waals surface area contributed by atoms with Crippen LogP contribution in [0.4, 0.5) is 10.6 Å². The maximum absolute atomic E-state index is 12.2. The molecule has 1 aliphatic rings. The van der Waals surface area contributed by atoms with Crippen molar-refractivity contribution in [3.63, 3.8) is 0 Å². The van der Waals surface area contributed by atoms with Gasteiger partial charge in [-0.2, -0.15) is 0 Å². The van der Waals surface area contributed by atoms with E-state index in [1.165, 1.54) is 0 Å². The first kappa shape index (κ1) is 12.9. The number of aryl methyl sites for hydroxylation is 1. The van der Waals surface area contributed by atoms with E-state index in [0.29, 0.717) is 0 Å². The Morgan fingerprint density at radius 1 is 1.44 bits per heavy atom. The van der Waals surface area contributed by atoms with Gasteiger partial charge in [-0.15, -0.1) is 0 Å². The molecule has 0 aromatic carbocycles. The molecule has 1 aromatic heterocycles. The van der Waals surface area contributed by atoms with Gasteiger partial charge in [-0.3, -0.25) is 4.90 Å². The van der Waals surface area contributed by atoms with Crippen molar-refractivity contribution in [1.82, 2.24) is 4.98 Å². The summed E-state index contributed by atoms with van der Waals surface area (Å²) in [4.78, 5) is 18.3. The molecule has 98 valence electrons. The molecule has 1 amide bonds. The van der Waals surface area contributed by atoms with Crippen molar-refractivity contribution in [2.75, 3.05) is 4.90 Å². The lowest BCUT2D eigenvalue weighted by atomic mass is 10.1. The van der Waals surface area contributed by atoms with Gasteiger partial charge in [-0.05, 0) is 52.7 Å². The smallest absolute Gasteiger partial charge is 0.416 e. The second-order valence-corrected chi connectivity index (χ2v) is 5.84. The van der Waals surface area contributed by atoms with Crippen molar-refractivity contribution in [3.8, 4) is 0 Å². The molecule has 0 N–H and O–H groups in total. The molecule has 4 heteroatoms. The second-order valence-electron chi connectivity index (χ2n) is 5.84. The number of ether oxygens (including phenoxy) is 1. The van der Waals surface area contributed by atoms with Crippen molar-refractivity contribution in [3.05, 3.63) is 23.4 Å². The minimum absolute atomic E-state index is 0.101. The van der Waals surface area contributed by atoms with E-state index in [4.69, 9.17) is 4.74 Å². The first-order valence-corrected chi connectivity index (χ1v) is 6.26. The lowest BCUT2D eigenvalue weighted by Crippen LogP contribution is -2.40. The highest BCUT2D eigenvalue weighted by atomic mass is 16.6. The van der Waals surface area contributed by atoms with Gasteiger partial charge in [-0.1, -0.05) is 6.07 Å². The van der Waals surface area contributed by atoms with E-state index >= 15 is 0 Å². The number of carbonyl (C=O) groups excluding carboxylic acids is 1. The Hall–Kier alpha value is -1.58. The Labute approximate surface area is 108 Å². The Kier molecular flexibility index (Phi) is 3.05. The number of nitrogens with zero attached hydrogens (tertiary/aromatic N) is 2. The standard InChI is InChI=1S/C14H20N2O2/c1-9-6-7-11-8-10(2)16(12(11)15-9)13(17)18-14(3,4)5/h6-7,10H,8H2,1-5H3. The van der Waals surface area contributed by atoms with Crippen molar-refractivity contribution < 1.29 is 9.53 Å². The summed E-state index contributed by atoms with van der Waals surface area (Å²) >= 11 is 0. The van der Waals surface area contributed by atoms with E-state index in [2.05, 4.69) is 4.98 Å². The van der Waals surface area contributed by atoms with E-state index in [1.54, 1.807) is 4.90 Å². The van der Waals surface area contributed by atoms with Crippen molar-refractivity contribution in [1.29, 1.82) is 0 Å². The van der Waals surface area contributed by atoms with E-state index in [1.807, 2.05) is 46.8 Å². The summed E-state index contributed by atoms with van der Waals surface area (Å²) in [5.74, 6) is 0.747. The van der Waals surface area contributed by atoms with Crippen LogP contribution in [0, 0.1) is 6.92 Å². The molecular weight excluding hydrogens is 228 g/mol. The minimum Gasteiger partial charge on any atom is -0.443 e. The largest absolute Gasteiger partial charge is 0.443 e. The first-order valence-electron chi connectivity index (χ1n) is 6.26. The van der Waals surface area contributed by atoms with Gasteiger partial charge in [-0.25, -0.2) is 9.78 Å². The van der Waals surface area contributed by atoms with Crippen molar-refractivity contribution in [2.24, 2.45) is 0 Å². The fourth-order valence-electron chi connectivity index (χ4n) is 2.14. The number of aromatic nitrogens is 1. The number of carbonyl (C=O) groups is 1. The summed E-state index contributed by atoms with van der Waals surface area (Å²) in [6.07, 6.45) is 0.522. The van der Waals surface area contributed by atoms with Gasteiger partial charge in [0.15, 0.2) is 0 Å². The number of fused-ring (bicyclic) bond motifs is 1. The van der Waals surface area contributed by atoms with Crippen LogP contribution in [0.15, 0.2) is 12.1 Å². The average molecular weight is 248 g/mol. The van der Waals surface area contributed by atoms with Crippen LogP contribution in [0.1, 0.15) is 39.0 Å². The fraction of sp³-hybridized carbons (Fsp3) is 0.571. The number of rotatable bonds is 0. The maximum Gasteiger partial charge on any atom is 0.416 e. The van der Waals surface area contributed by atoms with E-state index in [-0.39, 0.29) is 12.1 Å². The van der Waals surface area contributed by atoms with Gasteiger partial charge in [0, 0.05) is 11.7 Å². The second kappa shape index (κ2) is 4.26. The van der Waals surface area contributed by atoms with E-state index in [9.17, 15) is 4.79 Å². The van der Waals surface area contributed by atoms with Crippen LogP contribution in [0.5, 0.6) is 0 Å². The Bertz CT molecular complexity index is 477. The van der Waals surface area contributed by atoms with Crippen LogP contribution in [0.3, 0.4) is 0 Å². The lowest BCUT2D eigenvalue weighted by Gasteiger charge is -2.27. The van der Waals surface area contributed by atoms with Crippen LogP contribution in [-0.4, -0.2) is 22.7 Å². The van der Waals surface area contributed by atoms with Crippen LogP contribution in [-0.2, 0) is 11.2 Å². The highest BCUT2D eigenvalue weighted by Gasteiger charge is 2.35. The molecule has 1 aliphatic heterocycles. The summed E-state index contributed by atoms with van der Waals surface area (Å²) in [6, 6.07) is 4.12. The molecule has 2 heterocycles. The molecule has 0 saturated heterocycles. The zero-order valence-corrected chi connectivity index (χ0v) is 11.7. The van der Waals surface area contributed by atoms with Crippen molar-refractivity contribution >= 4 is 11.9 Å². The van der Waals surface area contributed by atoms with Gasteiger partial charge in [0.25, 0.3) is 0 Å². The van der Waals surface area contributed by atoms with E-state index < -0.39 is 5.60 Å². The van der Waals surface area contributed by atoms with Gasteiger partial charge in [0.1, 0.15) is 11.4 Å². The SMILES string of the molecule is Cc1ccc2c(n1)N(C(=O)OC(C)(C)C)C(C)C2. The molecule has 2 rings (SSSR count). The summed E-state index contributed by atoms with van der Waals surface area (Å²) in [5.41, 5.74) is 1.54. The predicted molar refractivity (Wildman–Crippen MR) is 70.9 cm³/mol. The monoisotopic (exact) mass is 248 g/mol. The molecular formula is C14H20N2O2. The van der Waals surface area contributed by atoms with Crippen molar-refractivity contribution in [2.45, 2.75) is 52.7 Å². The van der Waals surface area contributed by atoms with E-state index in [0.717, 1.165) is 23.5 Å². The van der Waals surface area contributed by atoms with Gasteiger partial charge in [0.2, 0.25) is 0 Å². The zero-order valence-electron chi connectivity index (χ0n) is 11.7. The molecule has 18 heavy (non-hydrogen) atoms. The number of hydrogen-bond donors (Lipinski definition) is 0. The molecule has 4 nitrogen and oxygen atoms in total. The topological polar surface area (TPSA) is 42.4 Å². The molecule has 0 spiro atoms. The molecule has 0 bridgehead atoms. The van der Waals surface area contributed by atoms with Gasteiger partial charge in [0.05, 0.1) is 0 Å². The molecule has 1 unspecified atom stereocenters. The Balaban J connectivity index is 2.30. The summed E-state index contributed by atoms with van der Waals surface area (Å²) in [6.45, 7) is 9.56. The summed E-state index contributed by atoms with van der Waals surface area (Å²) in [7, 11) is 0. The van der Waals surface area contributed by atoms with Crippen LogP contribution >= 0.6 is 0 Å². The number of amides is 1. The maximum atomic E-state index is 12.2. The number of pyridine rings is 1. The van der Waals surface area contributed by atoms with Crippen LogP contribution < -0.4 is 4.90 Å². The predicted octanol–water partition coefficient (Wildman–Crippen LogP) is 3.08. The summed E-state index contributed by atoms with van der Waals surface area (Å²) < 4.78 is 5.44. The highest BCUT2D eigenvalue weighted by molar-refractivity contribution is 5.90. The fourth-order valence-corrected chi connectivity index (χ4v) is 2.14. The summed E-state index contributed by atoms with van der Waals surface area (Å²) in [5, 5.41) is 0. The molecule has 1 aromatic rings. The molecule has 0 saturated carbocycles. The zero-order chi connectivity index (χ0) is 13.5. The molecule has 0 aliphatic carbocycles. The normalized spacial score (nSPS) is 18.7. The molecule has 0 radical (unpaired) electrons. The highest BCUT2D eigenvalue weighted by Crippen LogP contribution is 2.31. The third-order valence-electron chi connectivity index (χ3n) is 2.87. The quantitative estimate of drug-likeness (QED) is 0.708. The molecule has 0 fully saturated rings. The Morgan fingerprint density at radius 3 is 2.72 bits per heavy atom. The third kappa shape index (κ3) is 2.47. The first-order chi connectivity index (χ1) is 8.28. The van der Waals surface area contributed by atoms with Gasteiger partial charge < -0.3 is 4.74 Å². The minimum atomic E-state index is -0.483. The molecule has 1 atom stereocenters. The van der Waals surface area contributed by atoms with Crippen LogP contribution in [0.2, 0.25) is 0 Å². The van der Waals surface area contributed by atoms with Crippen LogP contribution in [0.25, 0.3) is 0 Å². The van der Waals surface area contributed by atoms with Gasteiger partial charge >= 0.3 is 6.09 Å².